The Kier molecular flexibility index (Phi) is 10.3. The number of benzene rings is 1. The molecule has 2 aromatic heterocycles. The van der Waals surface area contributed by atoms with Crippen LogP contribution in [0.25, 0.3) is 5.65 Å². The second-order valence-electron chi connectivity index (χ2n) is 11.0. The van der Waals surface area contributed by atoms with Gasteiger partial charge in [0.05, 0.1) is 24.8 Å². The van der Waals surface area contributed by atoms with Crippen molar-refractivity contribution in [2.45, 2.75) is 57.7 Å². The Labute approximate surface area is 258 Å². The number of imidazole rings is 1. The molecule has 6 N–H and O–H groups in total. The molecule has 1 saturated heterocycles. The minimum Gasteiger partial charge on any atom is -0.395 e. The molecular formula is C27H36FN7O7PS+. The molecule has 17 heteroatoms. The molecular weight excluding hydrogens is 616 g/mol. The van der Waals surface area contributed by atoms with Crippen molar-refractivity contribution in [3.05, 3.63) is 53.6 Å². The fourth-order valence-electron chi connectivity index (χ4n) is 4.49. The van der Waals surface area contributed by atoms with Gasteiger partial charge in [-0.05, 0) is 33.3 Å². The SMILES string of the molecule is Cc1nc(N)c2ncc([C@]3(C#N)O[C@H](CO[P+](O)(NCc4ccccc4)OCCSC(=O)C(C)(C)CO)[C@@H](O)[C@@]3(C)F)n2n1. The highest BCUT2D eigenvalue weighted by Crippen LogP contribution is 2.55. The smallest absolute Gasteiger partial charge is 0.395 e. The quantitative estimate of drug-likeness (QED) is 0.132. The number of nitrogens with one attached hydrogen (secondary N) is 1. The zero-order valence-corrected chi connectivity index (χ0v) is 26.4. The molecule has 4 rings (SSSR count). The summed E-state index contributed by atoms with van der Waals surface area (Å²) >= 11 is 0.932. The van der Waals surface area contributed by atoms with Crippen LogP contribution in [0.2, 0.25) is 0 Å². The Morgan fingerprint density at radius 2 is 2.07 bits per heavy atom. The van der Waals surface area contributed by atoms with Crippen molar-refractivity contribution in [3.8, 4) is 6.07 Å². The van der Waals surface area contributed by atoms with Crippen LogP contribution in [0.1, 0.15) is 37.9 Å². The zero-order chi connectivity index (χ0) is 32.3. The van der Waals surface area contributed by atoms with Gasteiger partial charge in [0.1, 0.15) is 43.0 Å². The summed E-state index contributed by atoms with van der Waals surface area (Å²) in [7, 11) is -3.90. The first-order valence-electron chi connectivity index (χ1n) is 13.6. The molecule has 0 radical (unpaired) electrons. The molecule has 1 aromatic carbocycles. The summed E-state index contributed by atoms with van der Waals surface area (Å²) in [5, 5.41) is 37.5. The van der Waals surface area contributed by atoms with Gasteiger partial charge in [0.2, 0.25) is 5.60 Å². The van der Waals surface area contributed by atoms with Gasteiger partial charge < -0.3 is 20.7 Å². The highest BCUT2D eigenvalue weighted by Gasteiger charge is 2.68. The van der Waals surface area contributed by atoms with Crippen LogP contribution in [0.3, 0.4) is 0 Å². The number of aromatic nitrogens is 4. The molecule has 1 aliphatic heterocycles. The summed E-state index contributed by atoms with van der Waals surface area (Å²) in [4.78, 5) is 31.9. The van der Waals surface area contributed by atoms with E-state index in [-0.39, 0.29) is 53.6 Å². The summed E-state index contributed by atoms with van der Waals surface area (Å²) in [6.07, 6.45) is -2.14. The van der Waals surface area contributed by atoms with E-state index in [9.17, 15) is 25.2 Å². The molecule has 3 aromatic rings. The predicted molar refractivity (Wildman–Crippen MR) is 160 cm³/mol. The van der Waals surface area contributed by atoms with Crippen LogP contribution in [-0.4, -0.2) is 83.3 Å². The van der Waals surface area contributed by atoms with Crippen molar-refractivity contribution >= 4 is 36.4 Å². The number of nitrogens with two attached hydrogens (primary N) is 1. The first-order chi connectivity index (χ1) is 20.7. The molecule has 5 atom stereocenters. The van der Waals surface area contributed by atoms with Crippen molar-refractivity contribution in [1.82, 2.24) is 24.7 Å². The molecule has 0 spiro atoms. The molecule has 1 unspecified atom stereocenters. The van der Waals surface area contributed by atoms with E-state index in [1.165, 1.54) is 6.20 Å². The van der Waals surface area contributed by atoms with E-state index >= 15 is 4.39 Å². The fraction of sp³-hybridized carbons (Fsp3) is 0.519. The predicted octanol–water partition coefficient (Wildman–Crippen LogP) is 1.99. The van der Waals surface area contributed by atoms with E-state index in [1.54, 1.807) is 20.8 Å². The number of hydrogen-bond donors (Lipinski definition) is 5. The van der Waals surface area contributed by atoms with Gasteiger partial charge in [-0.2, -0.15) is 24.3 Å². The summed E-state index contributed by atoms with van der Waals surface area (Å²) in [6, 6.07) is 10.9. The third-order valence-corrected chi connectivity index (χ3v) is 9.98. The zero-order valence-electron chi connectivity index (χ0n) is 24.7. The Balaban J connectivity index is 1.53. The molecule has 0 bridgehead atoms. The summed E-state index contributed by atoms with van der Waals surface area (Å²) < 4.78 is 34.9. The molecule has 44 heavy (non-hydrogen) atoms. The van der Waals surface area contributed by atoms with E-state index in [2.05, 4.69) is 20.2 Å². The van der Waals surface area contributed by atoms with Gasteiger partial charge in [-0.15, -0.1) is 5.09 Å². The average Bonchev–Trinajstić information content (AvgIpc) is 3.50. The molecule has 0 amide bonds. The first-order valence-corrected chi connectivity index (χ1v) is 16.2. The number of carbonyl (C=O) groups is 1. The number of hydrogen-bond acceptors (Lipinski definition) is 14. The van der Waals surface area contributed by atoms with E-state index in [0.717, 1.165) is 28.8 Å². The van der Waals surface area contributed by atoms with Gasteiger partial charge in [-0.3, -0.25) is 4.79 Å². The number of aryl methyl sites for hydroxylation is 1. The van der Waals surface area contributed by atoms with Crippen molar-refractivity contribution in [2.75, 3.05) is 31.3 Å². The second-order valence-corrected chi connectivity index (χ2v) is 14.0. The number of ether oxygens (including phenoxy) is 1. The third-order valence-electron chi connectivity index (χ3n) is 7.21. The molecule has 0 aliphatic carbocycles. The lowest BCUT2D eigenvalue weighted by Gasteiger charge is -2.30. The number of thioether (sulfide) groups is 1. The fourth-order valence-corrected chi connectivity index (χ4v) is 6.75. The van der Waals surface area contributed by atoms with E-state index < -0.39 is 43.6 Å². The van der Waals surface area contributed by atoms with Crippen LogP contribution in [0.5, 0.6) is 0 Å². The number of fused-ring (bicyclic) bond motifs is 1. The maximum absolute atomic E-state index is 16.4. The normalized spacial score (nSPS) is 25.2. The monoisotopic (exact) mass is 652 g/mol. The average molecular weight is 653 g/mol. The standard InChI is InChI=1S/C27H36FN7O7PS/c1-17-33-22(30)23-31-13-20(35(23)34-17)27(15-29)26(4,28)21(37)19(42-27)14-41-43(39,32-12-18-8-6-5-7-9-18)40-10-11-44-24(38)25(2,3)16-36/h5-9,13,19,21,32,36-37,39H,10-12,14,16H2,1-4H3,(H2,30,33,34)/q+1/t19-,21-,26-,27+,43?/m1/s1. The number of aliphatic hydroxyl groups excluding tert-OH is 2. The number of nitrogen functional groups attached to an aromatic ring is 1. The Bertz CT molecular complexity index is 1530. The molecule has 238 valence electrons. The third kappa shape index (κ3) is 6.71. The molecule has 1 fully saturated rings. The minimum absolute atomic E-state index is 0.00659. The van der Waals surface area contributed by atoms with Crippen molar-refractivity contribution < 1.29 is 38.1 Å². The van der Waals surface area contributed by atoms with Crippen LogP contribution < -0.4 is 10.8 Å². The van der Waals surface area contributed by atoms with E-state index in [1.807, 2.05) is 36.4 Å². The number of aliphatic hydroxyl groups is 2. The summed E-state index contributed by atoms with van der Waals surface area (Å²) in [6.45, 7) is 4.91. The van der Waals surface area contributed by atoms with Gasteiger partial charge in [0.15, 0.2) is 22.2 Å². The lowest BCUT2D eigenvalue weighted by Crippen LogP contribution is -2.48. The highest BCUT2D eigenvalue weighted by atomic mass is 32.2. The first kappa shape index (κ1) is 34.0. The Morgan fingerprint density at radius 3 is 2.73 bits per heavy atom. The van der Waals surface area contributed by atoms with Crippen LogP contribution in [0.4, 0.5) is 10.2 Å². The molecule has 14 nitrogen and oxygen atoms in total. The summed E-state index contributed by atoms with van der Waals surface area (Å²) in [5.74, 6) is 0.382. The largest absolute Gasteiger partial charge is 0.499 e. The maximum Gasteiger partial charge on any atom is 0.499 e. The van der Waals surface area contributed by atoms with Gasteiger partial charge in [-0.1, -0.05) is 42.1 Å². The Morgan fingerprint density at radius 1 is 1.36 bits per heavy atom. The molecule has 1 aliphatic rings. The second kappa shape index (κ2) is 13.3. The van der Waals surface area contributed by atoms with Crippen molar-refractivity contribution in [2.24, 2.45) is 5.41 Å². The van der Waals surface area contributed by atoms with Crippen LogP contribution in [0.15, 0.2) is 36.5 Å². The van der Waals surface area contributed by atoms with Gasteiger partial charge in [0.25, 0.3) is 0 Å². The van der Waals surface area contributed by atoms with Crippen LogP contribution >= 0.6 is 19.9 Å². The van der Waals surface area contributed by atoms with E-state index in [0.29, 0.717) is 0 Å². The highest BCUT2D eigenvalue weighted by molar-refractivity contribution is 8.13. The minimum atomic E-state index is -3.90. The van der Waals surface area contributed by atoms with Crippen molar-refractivity contribution in [1.29, 1.82) is 5.26 Å². The number of alkyl halides is 1. The summed E-state index contributed by atoms with van der Waals surface area (Å²) in [5.41, 5.74) is 0.671. The van der Waals surface area contributed by atoms with Crippen LogP contribution in [0, 0.1) is 23.7 Å². The molecule has 0 saturated carbocycles. The number of halogens is 1. The van der Waals surface area contributed by atoms with E-state index in [4.69, 9.17) is 19.5 Å². The maximum atomic E-state index is 16.4. The number of rotatable bonds is 13. The lowest BCUT2D eigenvalue weighted by atomic mass is 9.82. The number of nitrogens with zero attached hydrogens (tertiary/aromatic N) is 5. The Hall–Kier alpha value is -2.84. The van der Waals surface area contributed by atoms with Gasteiger partial charge >= 0.3 is 8.09 Å². The molecule has 3 heterocycles. The van der Waals surface area contributed by atoms with Crippen LogP contribution in [-0.2, 0) is 30.7 Å². The number of carbonyl (C=O) groups excluding carboxylic acids is 1. The van der Waals surface area contributed by atoms with Crippen molar-refractivity contribution in [3.63, 3.8) is 0 Å². The van der Waals surface area contributed by atoms with Gasteiger partial charge in [-0.25, -0.2) is 18.9 Å². The number of anilines is 1. The number of nitriles is 1. The topological polar surface area (TPSA) is 210 Å². The van der Waals surface area contributed by atoms with Gasteiger partial charge in [0, 0.05) is 5.75 Å². The lowest BCUT2D eigenvalue weighted by molar-refractivity contribution is -0.119.